The summed E-state index contributed by atoms with van der Waals surface area (Å²) in [7, 11) is 6.48. The predicted molar refractivity (Wildman–Crippen MR) is 98.7 cm³/mol. The maximum atomic E-state index is 13.0. The second kappa shape index (κ2) is 8.19. The number of quaternary nitrogens is 1. The number of hydrogen-bond acceptors (Lipinski definition) is 2. The standard InChI is InChI=1S/C20H26N3O.HI/c1-23(2,3)16-15-21-13-14-22(17-9-5-4-6-10-17)19-12-8-7-11-18(19)20(21)24;/h4-12H,13-16H2,1-3H3;1H/q+1;/p-1. The average molecular weight is 451 g/mol. The minimum absolute atomic E-state index is 0. The highest BCUT2D eigenvalue weighted by Crippen LogP contribution is 2.31. The number of hydrogen-bond donors (Lipinski definition) is 0. The molecule has 134 valence electrons. The summed E-state index contributed by atoms with van der Waals surface area (Å²) in [4.78, 5) is 17.3. The lowest BCUT2D eigenvalue weighted by molar-refractivity contribution is -0.869. The Morgan fingerprint density at radius 1 is 0.920 bits per heavy atom. The van der Waals surface area contributed by atoms with Crippen LogP contribution in [0.3, 0.4) is 0 Å². The molecule has 1 heterocycles. The molecule has 2 aromatic rings. The number of benzene rings is 2. The van der Waals surface area contributed by atoms with Crippen LogP contribution in [-0.4, -0.2) is 62.6 Å². The van der Waals surface area contributed by atoms with Gasteiger partial charge >= 0.3 is 0 Å². The number of anilines is 2. The van der Waals surface area contributed by atoms with Crippen LogP contribution in [0.1, 0.15) is 10.4 Å². The van der Waals surface area contributed by atoms with Gasteiger partial charge in [-0.2, -0.15) is 0 Å². The van der Waals surface area contributed by atoms with E-state index in [1.54, 1.807) is 0 Å². The smallest absolute Gasteiger partial charge is 0.256 e. The third-order valence-electron chi connectivity index (χ3n) is 4.41. The van der Waals surface area contributed by atoms with Crippen molar-refractivity contribution in [3.05, 3.63) is 60.2 Å². The van der Waals surface area contributed by atoms with Gasteiger partial charge in [0.2, 0.25) is 0 Å². The topological polar surface area (TPSA) is 23.6 Å². The van der Waals surface area contributed by atoms with E-state index in [9.17, 15) is 4.79 Å². The Hall–Kier alpha value is -1.60. The van der Waals surface area contributed by atoms with Crippen LogP contribution in [0.25, 0.3) is 0 Å². The summed E-state index contributed by atoms with van der Waals surface area (Å²) in [6, 6.07) is 18.2. The Kier molecular flexibility index (Phi) is 6.46. The van der Waals surface area contributed by atoms with Crippen LogP contribution in [0, 0.1) is 0 Å². The largest absolute Gasteiger partial charge is 1.00 e. The highest BCUT2D eigenvalue weighted by Gasteiger charge is 2.27. The molecular weight excluding hydrogens is 425 g/mol. The fourth-order valence-electron chi connectivity index (χ4n) is 3.01. The van der Waals surface area contributed by atoms with E-state index in [1.165, 1.54) is 0 Å². The molecule has 0 spiro atoms. The van der Waals surface area contributed by atoms with Crippen molar-refractivity contribution in [2.24, 2.45) is 0 Å². The summed E-state index contributed by atoms with van der Waals surface area (Å²) in [5.41, 5.74) is 2.92. The molecule has 0 saturated heterocycles. The van der Waals surface area contributed by atoms with E-state index in [0.717, 1.165) is 47.6 Å². The molecule has 1 aliphatic heterocycles. The SMILES string of the molecule is C[N+](C)(C)CCN1CCN(c2ccccc2)c2ccccc2C1=O.[I-]. The lowest BCUT2D eigenvalue weighted by atomic mass is 10.1. The van der Waals surface area contributed by atoms with Gasteiger partial charge in [0, 0.05) is 18.8 Å². The van der Waals surface area contributed by atoms with Gasteiger partial charge in [0.1, 0.15) is 0 Å². The van der Waals surface area contributed by atoms with Crippen LogP contribution in [0.2, 0.25) is 0 Å². The zero-order valence-corrected chi connectivity index (χ0v) is 17.3. The summed E-state index contributed by atoms with van der Waals surface area (Å²) in [6.45, 7) is 3.27. The van der Waals surface area contributed by atoms with Gasteiger partial charge in [0.15, 0.2) is 0 Å². The van der Waals surface area contributed by atoms with Crippen molar-refractivity contribution < 1.29 is 33.3 Å². The first kappa shape index (κ1) is 19.7. The first-order valence-electron chi connectivity index (χ1n) is 8.47. The molecule has 1 aliphatic rings. The fourth-order valence-corrected chi connectivity index (χ4v) is 3.01. The Labute approximate surface area is 167 Å². The molecule has 0 N–H and O–H groups in total. The van der Waals surface area contributed by atoms with Gasteiger partial charge in [0.25, 0.3) is 5.91 Å². The Bertz CT molecular complexity index is 712. The molecular formula is C20H26IN3O. The van der Waals surface area contributed by atoms with E-state index < -0.39 is 0 Å². The van der Waals surface area contributed by atoms with Crippen molar-refractivity contribution in [3.63, 3.8) is 0 Å². The predicted octanol–water partition coefficient (Wildman–Crippen LogP) is -0.00930. The molecule has 0 fully saturated rings. The summed E-state index contributed by atoms with van der Waals surface area (Å²) >= 11 is 0. The van der Waals surface area contributed by atoms with Gasteiger partial charge in [-0.3, -0.25) is 4.79 Å². The third kappa shape index (κ3) is 4.73. The quantitative estimate of drug-likeness (QED) is 0.483. The van der Waals surface area contributed by atoms with E-state index >= 15 is 0 Å². The second-order valence-electron chi connectivity index (χ2n) is 7.31. The molecule has 1 amide bonds. The van der Waals surface area contributed by atoms with E-state index in [1.807, 2.05) is 47.4 Å². The van der Waals surface area contributed by atoms with Crippen LogP contribution in [0.5, 0.6) is 0 Å². The Morgan fingerprint density at radius 2 is 1.56 bits per heavy atom. The number of fused-ring (bicyclic) bond motifs is 1. The summed E-state index contributed by atoms with van der Waals surface area (Å²) in [5, 5.41) is 0. The number of rotatable bonds is 4. The Balaban J connectivity index is 0.00000225. The van der Waals surface area contributed by atoms with Gasteiger partial charge in [-0.15, -0.1) is 0 Å². The zero-order chi connectivity index (χ0) is 17.2. The highest BCUT2D eigenvalue weighted by atomic mass is 127. The summed E-state index contributed by atoms with van der Waals surface area (Å²) in [5.74, 6) is 0.137. The van der Waals surface area contributed by atoms with E-state index in [-0.39, 0.29) is 29.9 Å². The number of nitrogens with zero attached hydrogens (tertiary/aromatic N) is 3. The molecule has 0 aromatic heterocycles. The van der Waals surface area contributed by atoms with Gasteiger partial charge in [-0.25, -0.2) is 0 Å². The van der Waals surface area contributed by atoms with Crippen LogP contribution < -0.4 is 28.9 Å². The lowest BCUT2D eigenvalue weighted by Gasteiger charge is -2.28. The molecule has 4 nitrogen and oxygen atoms in total. The monoisotopic (exact) mass is 451 g/mol. The minimum Gasteiger partial charge on any atom is -1.00 e. The molecule has 0 aliphatic carbocycles. The van der Waals surface area contributed by atoms with Gasteiger partial charge < -0.3 is 38.3 Å². The van der Waals surface area contributed by atoms with E-state index in [0.29, 0.717) is 0 Å². The zero-order valence-electron chi connectivity index (χ0n) is 15.2. The van der Waals surface area contributed by atoms with Crippen molar-refractivity contribution in [1.82, 2.24) is 4.90 Å². The molecule has 0 atom stereocenters. The molecule has 5 heteroatoms. The summed E-state index contributed by atoms with van der Waals surface area (Å²) < 4.78 is 0.855. The maximum absolute atomic E-state index is 13.0. The minimum atomic E-state index is 0. The molecule has 0 unspecified atom stereocenters. The average Bonchev–Trinajstić information content (AvgIpc) is 2.71. The Morgan fingerprint density at radius 3 is 2.24 bits per heavy atom. The first-order valence-corrected chi connectivity index (χ1v) is 8.47. The molecule has 2 aromatic carbocycles. The first-order chi connectivity index (χ1) is 11.5. The van der Waals surface area contributed by atoms with Crippen molar-refractivity contribution >= 4 is 17.3 Å². The lowest BCUT2D eigenvalue weighted by Crippen LogP contribution is -3.00. The van der Waals surface area contributed by atoms with Crippen molar-refractivity contribution in [2.45, 2.75) is 0 Å². The molecule has 25 heavy (non-hydrogen) atoms. The number of para-hydroxylation sites is 2. The van der Waals surface area contributed by atoms with Crippen LogP contribution in [-0.2, 0) is 0 Å². The van der Waals surface area contributed by atoms with Gasteiger partial charge in [-0.05, 0) is 24.3 Å². The van der Waals surface area contributed by atoms with Crippen LogP contribution >= 0.6 is 0 Å². The normalized spacial score (nSPS) is 14.6. The van der Waals surface area contributed by atoms with Crippen LogP contribution in [0.4, 0.5) is 11.4 Å². The number of halogens is 1. The van der Waals surface area contributed by atoms with Gasteiger partial charge in [-0.1, -0.05) is 30.3 Å². The van der Waals surface area contributed by atoms with Gasteiger partial charge in [0.05, 0.1) is 45.5 Å². The maximum Gasteiger partial charge on any atom is 0.256 e. The van der Waals surface area contributed by atoms with Crippen molar-refractivity contribution in [2.75, 3.05) is 52.2 Å². The molecule has 3 rings (SSSR count). The number of carbonyl (C=O) groups is 1. The van der Waals surface area contributed by atoms with E-state index in [4.69, 9.17) is 0 Å². The fraction of sp³-hybridized carbons (Fsp3) is 0.350. The second-order valence-corrected chi connectivity index (χ2v) is 7.31. The van der Waals surface area contributed by atoms with Crippen molar-refractivity contribution in [1.29, 1.82) is 0 Å². The van der Waals surface area contributed by atoms with Crippen LogP contribution in [0.15, 0.2) is 54.6 Å². The number of carbonyl (C=O) groups excluding carboxylic acids is 1. The highest BCUT2D eigenvalue weighted by molar-refractivity contribution is 6.01. The van der Waals surface area contributed by atoms with E-state index in [2.05, 4.69) is 38.2 Å². The number of amides is 1. The van der Waals surface area contributed by atoms with Crippen molar-refractivity contribution in [3.8, 4) is 0 Å². The molecule has 0 saturated carbocycles. The third-order valence-corrected chi connectivity index (χ3v) is 4.41. The molecule has 0 bridgehead atoms. The number of likely N-dealkylation sites (N-methyl/N-ethyl adjacent to an activating group) is 1. The summed E-state index contributed by atoms with van der Waals surface area (Å²) in [6.07, 6.45) is 0. The molecule has 0 radical (unpaired) electrons.